The molecule has 0 spiro atoms. The molecule has 1 aliphatic rings. The summed E-state index contributed by atoms with van der Waals surface area (Å²) >= 11 is 0. The van der Waals surface area contributed by atoms with E-state index in [-0.39, 0.29) is 0 Å². The number of hydrogen-bond acceptors (Lipinski definition) is 3. The van der Waals surface area contributed by atoms with E-state index in [4.69, 9.17) is 0 Å². The van der Waals surface area contributed by atoms with E-state index < -0.39 is 0 Å². The Balaban J connectivity index is 2.43. The van der Waals surface area contributed by atoms with Gasteiger partial charge in [-0.25, -0.2) is 5.01 Å². The van der Waals surface area contributed by atoms with E-state index in [0.717, 1.165) is 6.42 Å². The van der Waals surface area contributed by atoms with E-state index >= 15 is 0 Å². The van der Waals surface area contributed by atoms with Crippen LogP contribution < -0.4 is 5.43 Å². The molecule has 0 atom stereocenters. The molecule has 0 bridgehead atoms. The molecule has 0 aromatic carbocycles. The molecule has 18 heavy (non-hydrogen) atoms. The van der Waals surface area contributed by atoms with Gasteiger partial charge in [0.05, 0.1) is 0 Å². The van der Waals surface area contributed by atoms with Gasteiger partial charge in [0.1, 0.15) is 0 Å². The van der Waals surface area contributed by atoms with E-state index in [1.54, 1.807) is 0 Å². The van der Waals surface area contributed by atoms with Gasteiger partial charge in [0.15, 0.2) is 0 Å². The Kier molecular flexibility index (Phi) is 7.74. The fraction of sp³-hybridized carbons (Fsp3) is 0.800. The van der Waals surface area contributed by atoms with Crippen LogP contribution in [-0.4, -0.2) is 31.4 Å². The Labute approximate surface area is 112 Å². The second-order valence-electron chi connectivity index (χ2n) is 5.39. The quantitative estimate of drug-likeness (QED) is 0.553. The van der Waals surface area contributed by atoms with E-state index in [1.807, 2.05) is 25.3 Å². The summed E-state index contributed by atoms with van der Waals surface area (Å²) in [6.07, 6.45) is 14.4. The number of allylic oxidation sites excluding steroid dienone is 2. The predicted octanol–water partition coefficient (Wildman–Crippen LogP) is 3.53. The Morgan fingerprint density at radius 3 is 2.61 bits per heavy atom. The molecule has 0 amide bonds. The molecule has 0 aliphatic heterocycles. The zero-order chi connectivity index (χ0) is 13.2. The average molecular weight is 251 g/mol. The van der Waals surface area contributed by atoms with Gasteiger partial charge < -0.3 is 5.43 Å². The number of unbranched alkanes of at least 4 members (excludes halogenated alkanes) is 1. The second-order valence-corrected chi connectivity index (χ2v) is 5.39. The number of aliphatic imine (C=N–C) groups is 1. The first-order chi connectivity index (χ1) is 8.72. The summed E-state index contributed by atoms with van der Waals surface area (Å²) in [5, 5.41) is 2.00. The second kappa shape index (κ2) is 9.15. The third-order valence-electron chi connectivity index (χ3n) is 3.31. The van der Waals surface area contributed by atoms with Crippen molar-refractivity contribution in [2.24, 2.45) is 4.99 Å². The first-order valence-electron chi connectivity index (χ1n) is 7.38. The highest BCUT2D eigenvalue weighted by molar-refractivity contribution is 5.72. The number of rotatable bonds is 7. The molecule has 0 aromatic rings. The van der Waals surface area contributed by atoms with Crippen molar-refractivity contribution in [1.29, 1.82) is 0 Å². The van der Waals surface area contributed by atoms with Crippen LogP contribution in [0.4, 0.5) is 0 Å². The number of nitrogens with one attached hydrogen (secondary N) is 1. The van der Waals surface area contributed by atoms with Crippen LogP contribution in [0.25, 0.3) is 0 Å². The lowest BCUT2D eigenvalue weighted by Gasteiger charge is -2.18. The molecular formula is C15H29N3. The minimum absolute atomic E-state index is 0.571. The minimum atomic E-state index is 0.571. The van der Waals surface area contributed by atoms with Gasteiger partial charge in [0.25, 0.3) is 0 Å². The lowest BCUT2D eigenvalue weighted by atomic mass is 9.96. The third kappa shape index (κ3) is 6.80. The Hall–Kier alpha value is -0.830. The van der Waals surface area contributed by atoms with E-state index in [2.05, 4.69) is 23.4 Å². The van der Waals surface area contributed by atoms with Crippen LogP contribution in [0, 0.1) is 0 Å². The lowest BCUT2D eigenvalue weighted by molar-refractivity contribution is 0.321. The molecule has 1 fully saturated rings. The summed E-state index contributed by atoms with van der Waals surface area (Å²) < 4.78 is 0. The maximum atomic E-state index is 4.68. The predicted molar refractivity (Wildman–Crippen MR) is 79.8 cm³/mol. The largest absolute Gasteiger partial charge is 0.323 e. The van der Waals surface area contributed by atoms with Gasteiger partial charge in [0.2, 0.25) is 0 Å². The van der Waals surface area contributed by atoms with Gasteiger partial charge in [-0.1, -0.05) is 32.6 Å². The van der Waals surface area contributed by atoms with Crippen molar-refractivity contribution in [3.63, 3.8) is 0 Å². The molecule has 104 valence electrons. The molecule has 0 aromatic heterocycles. The standard InChI is InChI=1S/C15H29N3/c1-4-5-9-15(17-18(2)3)12-13-16-14-10-7-6-8-11-14/h12-14,17H,4-11H2,1-3H3/b15-12+,16-13?. The lowest BCUT2D eigenvalue weighted by Crippen LogP contribution is -2.29. The summed E-state index contributed by atoms with van der Waals surface area (Å²) in [7, 11) is 4.05. The normalized spacial score (nSPS) is 18.8. The van der Waals surface area contributed by atoms with Crippen LogP contribution in [0.1, 0.15) is 58.3 Å². The summed E-state index contributed by atoms with van der Waals surface area (Å²) in [5.74, 6) is 0. The summed E-state index contributed by atoms with van der Waals surface area (Å²) in [4.78, 5) is 4.68. The maximum absolute atomic E-state index is 4.68. The maximum Gasteiger partial charge on any atom is 0.0499 e. The smallest absolute Gasteiger partial charge is 0.0499 e. The first-order valence-corrected chi connectivity index (χ1v) is 7.38. The van der Waals surface area contributed by atoms with Crippen molar-refractivity contribution < 1.29 is 0 Å². The highest BCUT2D eigenvalue weighted by atomic mass is 15.5. The highest BCUT2D eigenvalue weighted by Crippen LogP contribution is 2.19. The van der Waals surface area contributed by atoms with Gasteiger partial charge >= 0.3 is 0 Å². The fourth-order valence-electron chi connectivity index (χ4n) is 2.32. The molecule has 0 unspecified atom stereocenters. The molecular weight excluding hydrogens is 222 g/mol. The fourth-order valence-corrected chi connectivity index (χ4v) is 2.32. The van der Waals surface area contributed by atoms with Crippen molar-refractivity contribution in [1.82, 2.24) is 10.4 Å². The van der Waals surface area contributed by atoms with Crippen molar-refractivity contribution in [3.8, 4) is 0 Å². The molecule has 3 heteroatoms. The Bertz CT molecular complexity index is 263. The Morgan fingerprint density at radius 2 is 2.00 bits per heavy atom. The van der Waals surface area contributed by atoms with Crippen LogP contribution in [0.2, 0.25) is 0 Å². The SMILES string of the molecule is CCCC/C(=C\C=NC1CCCCC1)NN(C)C. The van der Waals surface area contributed by atoms with Gasteiger partial charge in [0, 0.05) is 32.0 Å². The van der Waals surface area contributed by atoms with E-state index in [0.29, 0.717) is 6.04 Å². The molecule has 0 saturated heterocycles. The zero-order valence-corrected chi connectivity index (χ0v) is 12.3. The molecule has 1 rings (SSSR count). The third-order valence-corrected chi connectivity index (χ3v) is 3.31. The monoisotopic (exact) mass is 251 g/mol. The molecule has 0 radical (unpaired) electrons. The topological polar surface area (TPSA) is 27.6 Å². The van der Waals surface area contributed by atoms with Gasteiger partial charge in [-0.3, -0.25) is 4.99 Å². The number of nitrogens with zero attached hydrogens (tertiary/aromatic N) is 2. The van der Waals surface area contributed by atoms with Gasteiger partial charge in [-0.05, 0) is 31.8 Å². The summed E-state index contributed by atoms with van der Waals surface area (Å²) in [5.41, 5.74) is 4.62. The van der Waals surface area contributed by atoms with E-state index in [1.165, 1.54) is 50.6 Å². The highest BCUT2D eigenvalue weighted by Gasteiger charge is 2.10. The number of hydrazine groups is 1. The molecule has 0 heterocycles. The van der Waals surface area contributed by atoms with Crippen LogP contribution >= 0.6 is 0 Å². The van der Waals surface area contributed by atoms with Crippen LogP contribution in [0.5, 0.6) is 0 Å². The molecule has 3 nitrogen and oxygen atoms in total. The molecule has 1 saturated carbocycles. The van der Waals surface area contributed by atoms with Crippen molar-refractivity contribution in [2.45, 2.75) is 64.3 Å². The van der Waals surface area contributed by atoms with E-state index in [9.17, 15) is 0 Å². The van der Waals surface area contributed by atoms with Gasteiger partial charge in [-0.15, -0.1) is 0 Å². The minimum Gasteiger partial charge on any atom is -0.323 e. The zero-order valence-electron chi connectivity index (χ0n) is 12.3. The van der Waals surface area contributed by atoms with Crippen LogP contribution in [0.3, 0.4) is 0 Å². The van der Waals surface area contributed by atoms with Crippen molar-refractivity contribution in [3.05, 3.63) is 11.8 Å². The summed E-state index contributed by atoms with van der Waals surface area (Å²) in [6, 6.07) is 0.571. The van der Waals surface area contributed by atoms with Gasteiger partial charge in [-0.2, -0.15) is 0 Å². The Morgan fingerprint density at radius 1 is 1.28 bits per heavy atom. The molecule has 1 N–H and O–H groups in total. The summed E-state index contributed by atoms with van der Waals surface area (Å²) in [6.45, 7) is 2.23. The first kappa shape index (κ1) is 15.2. The van der Waals surface area contributed by atoms with Crippen LogP contribution in [-0.2, 0) is 0 Å². The average Bonchev–Trinajstić information content (AvgIpc) is 2.36. The molecule has 1 aliphatic carbocycles. The van der Waals surface area contributed by atoms with Crippen molar-refractivity contribution >= 4 is 6.21 Å². The number of hydrogen-bond donors (Lipinski definition) is 1. The van der Waals surface area contributed by atoms with Crippen LogP contribution in [0.15, 0.2) is 16.8 Å². The van der Waals surface area contributed by atoms with Crippen molar-refractivity contribution in [2.75, 3.05) is 14.1 Å².